The van der Waals surface area contributed by atoms with Crippen LogP contribution in [0.5, 0.6) is 0 Å². The van der Waals surface area contributed by atoms with Crippen LogP contribution in [-0.4, -0.2) is 15.6 Å². The van der Waals surface area contributed by atoms with Crippen LogP contribution in [0.2, 0.25) is 10.0 Å². The highest BCUT2D eigenvalue weighted by atomic mass is 35.5. The summed E-state index contributed by atoms with van der Waals surface area (Å²) in [5.41, 5.74) is 9.33. The van der Waals surface area contributed by atoms with Crippen LogP contribution in [0.1, 0.15) is 21.6 Å². The summed E-state index contributed by atoms with van der Waals surface area (Å²) in [6.07, 6.45) is 0.558. The van der Waals surface area contributed by atoms with Crippen LogP contribution < -0.4 is 5.73 Å². The van der Waals surface area contributed by atoms with Crippen LogP contribution in [0.25, 0.3) is 22.7 Å². The molecule has 0 saturated carbocycles. The van der Waals surface area contributed by atoms with E-state index in [0.717, 1.165) is 5.56 Å². The second kappa shape index (κ2) is 8.57. The van der Waals surface area contributed by atoms with Crippen molar-refractivity contribution in [3.8, 4) is 22.7 Å². The van der Waals surface area contributed by atoms with Crippen molar-refractivity contribution in [3.05, 3.63) is 87.3 Å². The fourth-order valence-corrected chi connectivity index (χ4v) is 4.05. The largest absolute Gasteiger partial charge is 0.366 e. The average Bonchev–Trinajstić information content (AvgIpc) is 3.31. The molecule has 2 N–H and O–H groups in total. The molecule has 0 bridgehead atoms. The zero-order valence-electron chi connectivity index (χ0n) is 16.5. The Balaban J connectivity index is 1.71. The number of carbonyl (C=O) groups is 1. The molecule has 2 aromatic carbocycles. The summed E-state index contributed by atoms with van der Waals surface area (Å²) in [7, 11) is 0. The van der Waals surface area contributed by atoms with E-state index in [9.17, 15) is 9.18 Å². The SMILES string of the molecule is Cc1c(C(N)=O)cc(-c2cc(-c3ccc(Cl)cc3Cl)no2)n1CCc1cccc(F)c1. The van der Waals surface area contributed by atoms with Crippen LogP contribution in [0.3, 0.4) is 0 Å². The summed E-state index contributed by atoms with van der Waals surface area (Å²) in [4.78, 5) is 11.9. The number of primary amides is 1. The summed E-state index contributed by atoms with van der Waals surface area (Å²) in [5, 5.41) is 5.09. The number of rotatable bonds is 6. The fraction of sp³-hybridized carbons (Fsp3) is 0.130. The molecule has 158 valence electrons. The Labute approximate surface area is 188 Å². The summed E-state index contributed by atoms with van der Waals surface area (Å²) >= 11 is 12.3. The number of aromatic nitrogens is 2. The Bertz CT molecular complexity index is 1280. The Morgan fingerprint density at radius 3 is 2.68 bits per heavy atom. The normalized spacial score (nSPS) is 11.1. The van der Waals surface area contributed by atoms with Gasteiger partial charge in [0.15, 0.2) is 5.76 Å². The molecular formula is C23H18Cl2FN3O2. The van der Waals surface area contributed by atoms with Crippen molar-refractivity contribution >= 4 is 29.1 Å². The molecule has 0 atom stereocenters. The summed E-state index contributed by atoms with van der Waals surface area (Å²) in [6, 6.07) is 14.9. The third-order valence-corrected chi connectivity index (χ3v) is 5.66. The van der Waals surface area contributed by atoms with Crippen LogP contribution in [-0.2, 0) is 13.0 Å². The Kier molecular flexibility index (Phi) is 5.85. The topological polar surface area (TPSA) is 74.1 Å². The highest BCUT2D eigenvalue weighted by Gasteiger charge is 2.20. The predicted molar refractivity (Wildman–Crippen MR) is 119 cm³/mol. The molecule has 0 aliphatic heterocycles. The first-order valence-electron chi connectivity index (χ1n) is 9.50. The van der Waals surface area contributed by atoms with Crippen molar-refractivity contribution in [2.75, 3.05) is 0 Å². The van der Waals surface area contributed by atoms with E-state index in [1.54, 1.807) is 36.4 Å². The number of aryl methyl sites for hydroxylation is 1. The Hall–Kier alpha value is -3.09. The second-order valence-electron chi connectivity index (χ2n) is 7.13. The van der Waals surface area contributed by atoms with Crippen molar-refractivity contribution in [2.45, 2.75) is 19.9 Å². The molecular weight excluding hydrogens is 440 g/mol. The van der Waals surface area contributed by atoms with E-state index >= 15 is 0 Å². The Morgan fingerprint density at radius 1 is 1.16 bits per heavy atom. The summed E-state index contributed by atoms with van der Waals surface area (Å²) in [6.45, 7) is 2.30. The van der Waals surface area contributed by atoms with E-state index < -0.39 is 5.91 Å². The van der Waals surface area contributed by atoms with Gasteiger partial charge in [-0.05, 0) is 55.3 Å². The van der Waals surface area contributed by atoms with Crippen molar-refractivity contribution in [3.63, 3.8) is 0 Å². The molecule has 0 saturated heterocycles. The zero-order chi connectivity index (χ0) is 22.1. The molecule has 4 aromatic rings. The van der Waals surface area contributed by atoms with E-state index in [1.807, 2.05) is 17.6 Å². The van der Waals surface area contributed by atoms with Gasteiger partial charge in [-0.1, -0.05) is 40.5 Å². The number of carbonyl (C=O) groups excluding carboxylic acids is 1. The maximum Gasteiger partial charge on any atom is 0.250 e. The summed E-state index contributed by atoms with van der Waals surface area (Å²) < 4.78 is 21.0. The smallest absolute Gasteiger partial charge is 0.250 e. The molecule has 0 spiro atoms. The standard InChI is InChI=1S/C23H18Cl2FN3O2/c1-13-18(23(27)30)11-21(29(13)8-7-14-3-2-4-16(26)9-14)22-12-20(28-31-22)17-6-5-15(24)10-19(17)25/h2-6,9-12H,7-8H2,1H3,(H2,27,30). The first kappa shape index (κ1) is 21.2. The van der Waals surface area contributed by atoms with Crippen LogP contribution >= 0.6 is 23.2 Å². The molecule has 2 heterocycles. The number of benzene rings is 2. The highest BCUT2D eigenvalue weighted by Crippen LogP contribution is 2.34. The van der Waals surface area contributed by atoms with E-state index in [2.05, 4.69) is 5.16 Å². The highest BCUT2D eigenvalue weighted by molar-refractivity contribution is 6.36. The van der Waals surface area contributed by atoms with Crippen LogP contribution in [0.15, 0.2) is 59.1 Å². The van der Waals surface area contributed by atoms with Gasteiger partial charge in [0.25, 0.3) is 5.91 Å². The molecule has 0 unspecified atom stereocenters. The minimum atomic E-state index is -0.538. The molecule has 31 heavy (non-hydrogen) atoms. The van der Waals surface area contributed by atoms with E-state index in [0.29, 0.717) is 57.0 Å². The molecule has 8 heteroatoms. The third-order valence-electron chi connectivity index (χ3n) is 5.11. The van der Waals surface area contributed by atoms with Crippen molar-refractivity contribution in [2.24, 2.45) is 5.73 Å². The molecule has 4 rings (SSSR count). The molecule has 0 aliphatic rings. The maximum atomic E-state index is 13.5. The molecule has 1 amide bonds. The molecule has 0 radical (unpaired) electrons. The van der Waals surface area contributed by atoms with Gasteiger partial charge in [0.05, 0.1) is 16.3 Å². The number of hydrogen-bond acceptors (Lipinski definition) is 3. The van der Waals surface area contributed by atoms with Gasteiger partial charge < -0.3 is 14.8 Å². The predicted octanol–water partition coefficient (Wildman–Crippen LogP) is 5.91. The van der Waals surface area contributed by atoms with Crippen LogP contribution in [0.4, 0.5) is 4.39 Å². The lowest BCUT2D eigenvalue weighted by molar-refractivity contribution is 0.0999. The molecule has 0 aliphatic carbocycles. The fourth-order valence-electron chi connectivity index (χ4n) is 3.54. The lowest BCUT2D eigenvalue weighted by Gasteiger charge is -2.10. The van der Waals surface area contributed by atoms with Gasteiger partial charge in [-0.3, -0.25) is 4.79 Å². The van der Waals surface area contributed by atoms with Gasteiger partial charge in [-0.2, -0.15) is 0 Å². The Morgan fingerprint density at radius 2 is 1.97 bits per heavy atom. The van der Waals surface area contributed by atoms with Gasteiger partial charge in [0.1, 0.15) is 11.5 Å². The lowest BCUT2D eigenvalue weighted by atomic mass is 10.1. The van der Waals surface area contributed by atoms with Gasteiger partial charge in [0.2, 0.25) is 0 Å². The number of amides is 1. The zero-order valence-corrected chi connectivity index (χ0v) is 18.0. The number of nitrogens with zero attached hydrogens (tertiary/aromatic N) is 2. The van der Waals surface area contributed by atoms with E-state index in [-0.39, 0.29) is 5.82 Å². The number of nitrogens with two attached hydrogens (primary N) is 1. The molecule has 0 fully saturated rings. The van der Waals surface area contributed by atoms with E-state index in [1.165, 1.54) is 12.1 Å². The van der Waals surface area contributed by atoms with Gasteiger partial charge in [-0.15, -0.1) is 0 Å². The van der Waals surface area contributed by atoms with Crippen molar-refractivity contribution in [1.82, 2.24) is 9.72 Å². The number of hydrogen-bond donors (Lipinski definition) is 1. The first-order chi connectivity index (χ1) is 14.8. The monoisotopic (exact) mass is 457 g/mol. The van der Waals surface area contributed by atoms with Crippen LogP contribution in [0, 0.1) is 12.7 Å². The van der Waals surface area contributed by atoms with Crippen molar-refractivity contribution < 1.29 is 13.7 Å². The lowest BCUT2D eigenvalue weighted by Crippen LogP contribution is -2.13. The maximum absolute atomic E-state index is 13.5. The average molecular weight is 458 g/mol. The molecule has 5 nitrogen and oxygen atoms in total. The minimum Gasteiger partial charge on any atom is -0.366 e. The second-order valence-corrected chi connectivity index (χ2v) is 7.97. The minimum absolute atomic E-state index is 0.292. The van der Waals surface area contributed by atoms with Gasteiger partial charge >= 0.3 is 0 Å². The van der Waals surface area contributed by atoms with Gasteiger partial charge in [-0.25, -0.2) is 4.39 Å². The third kappa shape index (κ3) is 4.36. The quantitative estimate of drug-likeness (QED) is 0.391. The first-order valence-corrected chi connectivity index (χ1v) is 10.3. The van der Waals surface area contributed by atoms with E-state index in [4.69, 9.17) is 33.5 Å². The molecule has 2 aromatic heterocycles. The van der Waals surface area contributed by atoms with Crippen molar-refractivity contribution in [1.29, 1.82) is 0 Å². The summed E-state index contributed by atoms with van der Waals surface area (Å²) in [5.74, 6) is -0.376. The number of halogens is 3. The van der Waals surface area contributed by atoms with Gasteiger partial charge in [0, 0.05) is 28.9 Å².